The van der Waals surface area contributed by atoms with E-state index in [1.165, 1.54) is 11.8 Å². The van der Waals surface area contributed by atoms with E-state index >= 15 is 0 Å². The van der Waals surface area contributed by atoms with Gasteiger partial charge in [0.2, 0.25) is 0 Å². The van der Waals surface area contributed by atoms with Gasteiger partial charge in [-0.1, -0.05) is 11.8 Å². The summed E-state index contributed by atoms with van der Waals surface area (Å²) in [6, 6.07) is 1.66. The van der Waals surface area contributed by atoms with Gasteiger partial charge in [0.05, 0.1) is 11.3 Å². The normalized spacial score (nSPS) is 10.6. The van der Waals surface area contributed by atoms with Crippen LogP contribution >= 0.6 is 11.8 Å². The van der Waals surface area contributed by atoms with Gasteiger partial charge in [0, 0.05) is 36.5 Å². The zero-order valence-electron chi connectivity index (χ0n) is 10.5. The Kier molecular flexibility index (Phi) is 4.51. The van der Waals surface area contributed by atoms with Crippen LogP contribution in [0.15, 0.2) is 36.0 Å². The molecule has 0 spiro atoms. The minimum Gasteiger partial charge on any atom is -0.337 e. The Labute approximate surface area is 115 Å². The molecule has 0 fully saturated rings. The molecule has 0 amide bonds. The van der Waals surface area contributed by atoms with Crippen LogP contribution in [0.25, 0.3) is 0 Å². The molecule has 0 radical (unpaired) electrons. The van der Waals surface area contributed by atoms with Gasteiger partial charge in [-0.05, 0) is 19.4 Å². The summed E-state index contributed by atoms with van der Waals surface area (Å²) in [5, 5.41) is 11.5. The molecule has 0 bridgehead atoms. The Balaban J connectivity index is 1.92. The van der Waals surface area contributed by atoms with E-state index in [0.717, 1.165) is 18.7 Å². The molecular weight excluding hydrogens is 264 g/mol. The summed E-state index contributed by atoms with van der Waals surface area (Å²) in [5.74, 6) is 0.787. The lowest BCUT2D eigenvalue weighted by Gasteiger charge is -2.04. The summed E-state index contributed by atoms with van der Waals surface area (Å²) in [5.41, 5.74) is 0.771. The highest BCUT2D eigenvalue weighted by molar-refractivity contribution is 7.99. The van der Waals surface area contributed by atoms with Crippen LogP contribution in [-0.4, -0.2) is 25.2 Å². The highest BCUT2D eigenvalue weighted by Gasteiger charge is 2.18. The molecule has 0 aromatic carbocycles. The molecule has 0 aliphatic carbocycles. The number of thioether (sulfide) groups is 1. The van der Waals surface area contributed by atoms with E-state index in [-0.39, 0.29) is 10.6 Å². The molecule has 0 atom stereocenters. The molecular formula is C12H14N4O2S. The molecule has 2 aromatic heterocycles. The number of nitrogens with zero attached hydrogens (tertiary/aromatic N) is 4. The first-order valence-electron chi connectivity index (χ1n) is 5.87. The third-order valence-corrected chi connectivity index (χ3v) is 3.70. The van der Waals surface area contributed by atoms with Crippen molar-refractivity contribution >= 4 is 17.4 Å². The van der Waals surface area contributed by atoms with Crippen molar-refractivity contribution in [2.24, 2.45) is 0 Å². The van der Waals surface area contributed by atoms with E-state index in [4.69, 9.17) is 0 Å². The highest BCUT2D eigenvalue weighted by Crippen LogP contribution is 2.29. The van der Waals surface area contributed by atoms with E-state index in [2.05, 4.69) is 9.97 Å². The zero-order chi connectivity index (χ0) is 13.7. The fourth-order valence-corrected chi connectivity index (χ4v) is 2.66. The monoisotopic (exact) mass is 278 g/mol. The second-order valence-corrected chi connectivity index (χ2v) is 5.12. The number of hydrogen-bond acceptors (Lipinski definition) is 5. The Morgan fingerprint density at radius 2 is 2.32 bits per heavy atom. The average Bonchev–Trinajstić information content (AvgIpc) is 2.87. The molecule has 19 heavy (non-hydrogen) atoms. The number of nitro groups is 1. The first-order chi connectivity index (χ1) is 9.18. The fourth-order valence-electron chi connectivity index (χ4n) is 1.69. The van der Waals surface area contributed by atoms with Gasteiger partial charge in [0.1, 0.15) is 0 Å². The van der Waals surface area contributed by atoms with Crippen LogP contribution in [0.4, 0.5) is 5.69 Å². The number of aromatic nitrogens is 3. The largest absolute Gasteiger partial charge is 0.337 e. The molecule has 2 heterocycles. The maximum atomic E-state index is 11.0. The van der Waals surface area contributed by atoms with Crippen molar-refractivity contribution in [1.82, 2.24) is 14.5 Å². The van der Waals surface area contributed by atoms with Gasteiger partial charge in [-0.2, -0.15) is 0 Å². The van der Waals surface area contributed by atoms with Crippen molar-refractivity contribution in [3.8, 4) is 0 Å². The Bertz CT molecular complexity index is 557. The molecule has 0 saturated carbocycles. The van der Waals surface area contributed by atoms with E-state index in [9.17, 15) is 10.1 Å². The maximum Gasteiger partial charge on any atom is 0.304 e. The van der Waals surface area contributed by atoms with Crippen molar-refractivity contribution in [2.75, 3.05) is 5.75 Å². The number of imidazole rings is 1. The van der Waals surface area contributed by atoms with Crippen LogP contribution in [0.1, 0.15) is 12.0 Å². The third kappa shape index (κ3) is 3.54. The Morgan fingerprint density at radius 1 is 1.47 bits per heavy atom. The summed E-state index contributed by atoms with van der Waals surface area (Å²) in [7, 11) is 0. The second kappa shape index (κ2) is 6.33. The molecule has 0 aliphatic heterocycles. The van der Waals surface area contributed by atoms with E-state index in [0.29, 0.717) is 10.6 Å². The molecule has 0 N–H and O–H groups in total. The van der Waals surface area contributed by atoms with E-state index in [1.807, 2.05) is 10.8 Å². The van der Waals surface area contributed by atoms with Crippen molar-refractivity contribution in [1.29, 1.82) is 0 Å². The van der Waals surface area contributed by atoms with Crippen molar-refractivity contribution in [3.05, 3.63) is 46.7 Å². The number of hydrogen-bond donors (Lipinski definition) is 0. The molecule has 2 rings (SSSR count). The predicted octanol–water partition coefficient (Wildman–Crippen LogP) is 2.68. The Hall–Kier alpha value is -1.89. The smallest absolute Gasteiger partial charge is 0.304 e. The van der Waals surface area contributed by atoms with Gasteiger partial charge in [-0.15, -0.1) is 0 Å². The molecule has 0 unspecified atom stereocenters. The first kappa shape index (κ1) is 13.5. The maximum absolute atomic E-state index is 11.0. The van der Waals surface area contributed by atoms with Crippen molar-refractivity contribution in [3.63, 3.8) is 0 Å². The van der Waals surface area contributed by atoms with E-state index in [1.54, 1.807) is 31.7 Å². The van der Waals surface area contributed by atoms with Gasteiger partial charge in [0.25, 0.3) is 0 Å². The molecule has 0 saturated heterocycles. The van der Waals surface area contributed by atoms with Crippen LogP contribution in [0.2, 0.25) is 0 Å². The summed E-state index contributed by atoms with van der Waals surface area (Å²) in [6.07, 6.45) is 7.92. The zero-order valence-corrected chi connectivity index (χ0v) is 11.3. The minimum absolute atomic E-state index is 0.120. The van der Waals surface area contributed by atoms with Crippen LogP contribution in [0, 0.1) is 17.0 Å². The summed E-state index contributed by atoms with van der Waals surface area (Å²) in [4.78, 5) is 18.7. The standard InChI is InChI=1S/C12H14N4O2S/c1-10-3-4-14-12(11(10)16(17)18)19-8-2-6-15-7-5-13-9-15/h3-5,7,9H,2,6,8H2,1H3. The van der Waals surface area contributed by atoms with Gasteiger partial charge in [0.15, 0.2) is 5.03 Å². The van der Waals surface area contributed by atoms with Crippen LogP contribution in [0.3, 0.4) is 0 Å². The van der Waals surface area contributed by atoms with Crippen LogP contribution < -0.4 is 0 Å². The third-order valence-electron chi connectivity index (χ3n) is 2.63. The summed E-state index contributed by atoms with van der Waals surface area (Å²) < 4.78 is 1.98. The lowest BCUT2D eigenvalue weighted by Crippen LogP contribution is -1.99. The SMILES string of the molecule is Cc1ccnc(SCCCn2ccnc2)c1[N+](=O)[O-]. The molecule has 2 aromatic rings. The Morgan fingerprint density at radius 3 is 3.00 bits per heavy atom. The molecule has 6 nitrogen and oxygen atoms in total. The minimum atomic E-state index is -0.361. The lowest BCUT2D eigenvalue weighted by atomic mass is 10.3. The van der Waals surface area contributed by atoms with Crippen LogP contribution in [0.5, 0.6) is 0 Å². The predicted molar refractivity (Wildman–Crippen MR) is 73.2 cm³/mol. The number of aryl methyl sites for hydroxylation is 2. The fraction of sp³-hybridized carbons (Fsp3) is 0.333. The van der Waals surface area contributed by atoms with E-state index < -0.39 is 0 Å². The van der Waals surface area contributed by atoms with Crippen LogP contribution in [-0.2, 0) is 6.54 Å². The molecule has 7 heteroatoms. The first-order valence-corrected chi connectivity index (χ1v) is 6.85. The summed E-state index contributed by atoms with van der Waals surface area (Å²) >= 11 is 1.42. The quantitative estimate of drug-likeness (QED) is 0.351. The van der Waals surface area contributed by atoms with Crippen molar-refractivity contribution < 1.29 is 4.92 Å². The van der Waals surface area contributed by atoms with Gasteiger partial charge < -0.3 is 4.57 Å². The van der Waals surface area contributed by atoms with Crippen molar-refractivity contribution in [2.45, 2.75) is 24.9 Å². The topological polar surface area (TPSA) is 73.8 Å². The van der Waals surface area contributed by atoms with Gasteiger partial charge in [-0.25, -0.2) is 9.97 Å². The average molecular weight is 278 g/mol. The number of pyridine rings is 1. The van der Waals surface area contributed by atoms with Gasteiger partial charge >= 0.3 is 5.69 Å². The number of rotatable bonds is 6. The highest BCUT2D eigenvalue weighted by atomic mass is 32.2. The molecule has 0 aliphatic rings. The molecule has 100 valence electrons. The lowest BCUT2D eigenvalue weighted by molar-refractivity contribution is -0.388. The van der Waals surface area contributed by atoms with Gasteiger partial charge in [-0.3, -0.25) is 10.1 Å². The summed E-state index contributed by atoms with van der Waals surface area (Å²) in [6.45, 7) is 2.59. The second-order valence-electron chi connectivity index (χ2n) is 4.04.